The van der Waals surface area contributed by atoms with Crippen LogP contribution < -0.4 is 0 Å². The molecule has 0 aromatic heterocycles. The van der Waals surface area contributed by atoms with Gasteiger partial charge in [0.25, 0.3) is 0 Å². The molecule has 1 saturated heterocycles. The quantitative estimate of drug-likeness (QED) is 0.532. The number of carbonyl (C=O) groups excluding carboxylic acids is 2. The van der Waals surface area contributed by atoms with Crippen molar-refractivity contribution in [3.05, 3.63) is 0 Å². The summed E-state index contributed by atoms with van der Waals surface area (Å²) in [7, 11) is -9.95. The summed E-state index contributed by atoms with van der Waals surface area (Å²) in [5.41, 5.74) is -1.85. The number of hydrogen-bond donors (Lipinski definition) is 2. The van der Waals surface area contributed by atoms with Gasteiger partial charge in [-0.2, -0.15) is 4.31 Å². The summed E-state index contributed by atoms with van der Waals surface area (Å²) in [5, 5.41) is 0. The number of esters is 2. The fourth-order valence-electron chi connectivity index (χ4n) is 1.55. The fraction of sp³-hybridized carbons (Fsp3) is 0.778. The van der Waals surface area contributed by atoms with E-state index in [1.165, 1.54) is 6.92 Å². The number of rotatable bonds is 3. The third kappa shape index (κ3) is 5.77. The highest BCUT2D eigenvalue weighted by Gasteiger charge is 2.51. The first-order chi connectivity index (χ1) is 9.85. The van der Waals surface area contributed by atoms with Crippen LogP contribution in [0.4, 0.5) is 0 Å². The van der Waals surface area contributed by atoms with Crippen LogP contribution in [0.3, 0.4) is 0 Å². The molecular formula is C9H16O11P2. The minimum Gasteiger partial charge on any atom is -0.463 e. The highest BCUT2D eigenvalue weighted by atomic mass is 31.3. The van der Waals surface area contributed by atoms with Crippen molar-refractivity contribution >= 4 is 27.6 Å². The van der Waals surface area contributed by atoms with Gasteiger partial charge in [-0.1, -0.05) is 0 Å². The van der Waals surface area contributed by atoms with Gasteiger partial charge in [0.05, 0.1) is 6.61 Å². The number of carbonyl (C=O) groups is 2. The second-order valence-corrected chi connectivity index (χ2v) is 7.57. The van der Waals surface area contributed by atoms with Gasteiger partial charge in [0.15, 0.2) is 11.7 Å². The molecule has 11 nitrogen and oxygen atoms in total. The zero-order chi connectivity index (χ0) is 17.2. The van der Waals surface area contributed by atoms with Crippen LogP contribution in [-0.2, 0) is 41.6 Å². The lowest BCUT2D eigenvalue weighted by molar-refractivity contribution is -0.176. The van der Waals surface area contributed by atoms with Crippen LogP contribution in [-0.4, -0.2) is 46.6 Å². The molecule has 0 aliphatic carbocycles. The average molecular weight is 362 g/mol. The summed E-state index contributed by atoms with van der Waals surface area (Å²) < 4.78 is 46.0. The van der Waals surface area contributed by atoms with Crippen molar-refractivity contribution in [2.75, 3.05) is 13.2 Å². The van der Waals surface area contributed by atoms with Gasteiger partial charge >= 0.3 is 27.6 Å². The van der Waals surface area contributed by atoms with Gasteiger partial charge in [-0.3, -0.25) is 18.6 Å². The molecule has 1 aliphatic rings. The van der Waals surface area contributed by atoms with Crippen molar-refractivity contribution < 1.29 is 51.3 Å². The smallest absolute Gasteiger partial charge is 0.463 e. The van der Waals surface area contributed by atoms with Crippen LogP contribution in [0.15, 0.2) is 0 Å². The molecule has 22 heavy (non-hydrogen) atoms. The van der Waals surface area contributed by atoms with E-state index in [1.807, 2.05) is 0 Å². The molecule has 1 fully saturated rings. The minimum atomic E-state index is -5.06. The highest BCUT2D eigenvalue weighted by molar-refractivity contribution is 7.61. The second kappa shape index (κ2) is 6.76. The van der Waals surface area contributed by atoms with Gasteiger partial charge in [0.1, 0.15) is 6.61 Å². The Kier molecular flexibility index (Phi) is 5.91. The van der Waals surface area contributed by atoms with E-state index < -0.39 is 52.5 Å². The molecule has 0 spiro atoms. The van der Waals surface area contributed by atoms with E-state index in [-0.39, 0.29) is 0 Å². The molecular weight excluding hydrogens is 346 g/mol. The second-order valence-electron chi connectivity index (χ2n) is 4.60. The third-order valence-electron chi connectivity index (χ3n) is 2.47. The first kappa shape index (κ1) is 19.2. The maximum Gasteiger partial charge on any atom is 0.481 e. The number of ether oxygens (including phenoxy) is 2. The first-order valence-electron chi connectivity index (χ1n) is 5.88. The minimum absolute atomic E-state index is 0.590. The Morgan fingerprint density at radius 1 is 1.23 bits per heavy atom. The molecule has 1 heterocycles. The standard InChI is InChI=1S/C9H16O11P2/c1-6(10)16-5-9(3)8(18-7(2)11)4-17-21(12,13)20-22(14,15)19-9/h8H,4-5H2,1-3H3,(H,12,13)(H,14,15)/t8-,9+/m1/s1. The highest BCUT2D eigenvalue weighted by Crippen LogP contribution is 2.63. The van der Waals surface area contributed by atoms with Crippen molar-refractivity contribution in [1.29, 1.82) is 0 Å². The van der Waals surface area contributed by atoms with E-state index in [1.54, 1.807) is 0 Å². The molecule has 2 N–H and O–H groups in total. The maximum atomic E-state index is 11.7. The van der Waals surface area contributed by atoms with Crippen LogP contribution >= 0.6 is 15.6 Å². The van der Waals surface area contributed by atoms with Crippen LogP contribution in [0.25, 0.3) is 0 Å². The van der Waals surface area contributed by atoms with E-state index >= 15 is 0 Å². The number of phosphoric ester groups is 2. The topological polar surface area (TPSA) is 155 Å². The van der Waals surface area contributed by atoms with Crippen molar-refractivity contribution in [3.8, 4) is 0 Å². The lowest BCUT2D eigenvalue weighted by Gasteiger charge is -2.38. The Labute approximate surface area is 125 Å². The van der Waals surface area contributed by atoms with Crippen LogP contribution in [0.1, 0.15) is 20.8 Å². The molecule has 0 radical (unpaired) electrons. The molecule has 1 rings (SSSR count). The Bertz CT molecular complexity index is 546. The molecule has 0 saturated carbocycles. The van der Waals surface area contributed by atoms with Gasteiger partial charge in [0, 0.05) is 13.8 Å². The summed E-state index contributed by atoms with van der Waals surface area (Å²) in [6.45, 7) is 2.03. The van der Waals surface area contributed by atoms with E-state index in [2.05, 4.69) is 8.83 Å². The lowest BCUT2D eigenvalue weighted by atomic mass is 10.0. The molecule has 2 unspecified atom stereocenters. The van der Waals surface area contributed by atoms with Gasteiger partial charge in [-0.15, -0.1) is 0 Å². The third-order valence-corrected chi connectivity index (χ3v) is 5.24. The molecule has 0 aromatic carbocycles. The molecule has 0 bridgehead atoms. The Hall–Kier alpha value is -0.800. The van der Waals surface area contributed by atoms with Crippen molar-refractivity contribution in [3.63, 3.8) is 0 Å². The van der Waals surface area contributed by atoms with Gasteiger partial charge < -0.3 is 19.3 Å². The molecule has 0 aromatic rings. The number of hydrogen-bond acceptors (Lipinski definition) is 9. The average Bonchev–Trinajstić information content (AvgIpc) is 2.28. The van der Waals surface area contributed by atoms with Gasteiger partial charge in [-0.25, -0.2) is 9.13 Å². The van der Waals surface area contributed by atoms with Gasteiger partial charge in [-0.05, 0) is 6.92 Å². The van der Waals surface area contributed by atoms with Gasteiger partial charge in [0.2, 0.25) is 0 Å². The van der Waals surface area contributed by atoms with E-state index in [4.69, 9.17) is 14.0 Å². The fourth-order valence-corrected chi connectivity index (χ4v) is 3.94. The summed E-state index contributed by atoms with van der Waals surface area (Å²) >= 11 is 0. The van der Waals surface area contributed by atoms with Crippen LogP contribution in [0, 0.1) is 0 Å². The molecule has 13 heteroatoms. The number of phosphoric acid groups is 2. The Balaban J connectivity index is 3.14. The first-order valence-corrected chi connectivity index (χ1v) is 8.87. The predicted molar refractivity (Wildman–Crippen MR) is 68.4 cm³/mol. The van der Waals surface area contributed by atoms with Crippen LogP contribution in [0.5, 0.6) is 0 Å². The summed E-state index contributed by atoms with van der Waals surface area (Å²) in [4.78, 5) is 40.7. The zero-order valence-electron chi connectivity index (χ0n) is 12.0. The Morgan fingerprint density at radius 2 is 1.82 bits per heavy atom. The summed E-state index contributed by atoms with van der Waals surface area (Å²) in [6, 6.07) is 0. The van der Waals surface area contributed by atoms with E-state index in [0.717, 1.165) is 13.8 Å². The lowest BCUT2D eigenvalue weighted by Crippen LogP contribution is -2.51. The van der Waals surface area contributed by atoms with E-state index in [0.29, 0.717) is 0 Å². The predicted octanol–water partition coefficient (Wildman–Crippen LogP) is 0.504. The Morgan fingerprint density at radius 3 is 2.32 bits per heavy atom. The zero-order valence-corrected chi connectivity index (χ0v) is 13.7. The summed E-state index contributed by atoms with van der Waals surface area (Å²) in [6.07, 6.45) is -1.41. The van der Waals surface area contributed by atoms with Crippen LogP contribution in [0.2, 0.25) is 0 Å². The molecule has 4 atom stereocenters. The van der Waals surface area contributed by atoms with E-state index in [9.17, 15) is 28.5 Å². The monoisotopic (exact) mass is 362 g/mol. The normalized spacial score (nSPS) is 39.4. The molecule has 0 amide bonds. The van der Waals surface area contributed by atoms with Crippen molar-refractivity contribution in [2.45, 2.75) is 32.5 Å². The largest absolute Gasteiger partial charge is 0.481 e. The van der Waals surface area contributed by atoms with Crippen molar-refractivity contribution in [1.82, 2.24) is 0 Å². The summed E-state index contributed by atoms with van der Waals surface area (Å²) in [5.74, 6) is -1.54. The van der Waals surface area contributed by atoms with Crippen molar-refractivity contribution in [2.24, 2.45) is 0 Å². The SMILES string of the molecule is CC(=O)OC[C@]1(C)OP(=O)(O)OP(=O)(O)OC[C@H]1OC(C)=O. The molecule has 128 valence electrons. The molecule has 1 aliphatic heterocycles. The maximum absolute atomic E-state index is 11.7.